The van der Waals surface area contributed by atoms with Gasteiger partial charge in [0.2, 0.25) is 5.88 Å². The van der Waals surface area contributed by atoms with Crippen molar-refractivity contribution < 1.29 is 33.0 Å². The number of carbonyl (C=O) groups excluding carboxylic acids is 2. The molecule has 0 atom stereocenters. The van der Waals surface area contributed by atoms with Gasteiger partial charge >= 0.3 is 12.2 Å². The topological polar surface area (TPSA) is 128 Å². The Hall–Kier alpha value is -5.13. The number of phenols is 1. The number of benzene rings is 3. The number of amides is 3. The molecule has 4 aromatic rings. The van der Waals surface area contributed by atoms with E-state index in [2.05, 4.69) is 20.9 Å². The molecule has 3 amide bonds. The quantitative estimate of drug-likeness (QED) is 0.139. The number of nitrogens with zero attached hydrogens (tertiary/aromatic N) is 3. The molecule has 0 spiro atoms. The first-order valence-electron chi connectivity index (χ1n) is 11.5. The van der Waals surface area contributed by atoms with Gasteiger partial charge in [0.25, 0.3) is 5.91 Å². The van der Waals surface area contributed by atoms with Crippen LogP contribution in [0.25, 0.3) is 22.7 Å². The number of aryl methyl sites for hydroxylation is 2. The lowest BCUT2D eigenvalue weighted by molar-refractivity contribution is -0.137. The van der Waals surface area contributed by atoms with Crippen LogP contribution in [0.4, 0.5) is 29.3 Å². The molecular formula is C27H20F3N5O4. The van der Waals surface area contributed by atoms with Gasteiger partial charge in [0.15, 0.2) is 5.69 Å². The van der Waals surface area contributed by atoms with Crippen LogP contribution in [0.2, 0.25) is 0 Å². The van der Waals surface area contributed by atoms with E-state index < -0.39 is 29.6 Å². The highest BCUT2D eigenvalue weighted by atomic mass is 19.4. The van der Waals surface area contributed by atoms with Crippen LogP contribution in [0.5, 0.6) is 11.6 Å². The lowest BCUT2D eigenvalue weighted by Gasteiger charge is -2.11. The van der Waals surface area contributed by atoms with E-state index in [0.29, 0.717) is 11.3 Å². The minimum absolute atomic E-state index is 0.00363. The van der Waals surface area contributed by atoms with Crippen molar-refractivity contribution in [2.75, 3.05) is 0 Å². The second-order valence-corrected chi connectivity index (χ2v) is 8.92. The van der Waals surface area contributed by atoms with Gasteiger partial charge in [-0.15, -0.1) is 10.2 Å². The van der Waals surface area contributed by atoms with Crippen molar-refractivity contribution in [2.45, 2.75) is 20.0 Å². The van der Waals surface area contributed by atoms with Crippen LogP contribution in [-0.4, -0.2) is 26.7 Å². The van der Waals surface area contributed by atoms with Crippen molar-refractivity contribution in [1.82, 2.24) is 15.2 Å². The molecule has 2 heterocycles. The fraction of sp³-hybridized carbons (Fsp3) is 0.111. The summed E-state index contributed by atoms with van der Waals surface area (Å²) in [5, 5.41) is 34.2. The molecule has 12 heteroatoms. The van der Waals surface area contributed by atoms with Crippen LogP contribution in [-0.2, 0) is 11.0 Å². The molecular weight excluding hydrogens is 515 g/mol. The molecule has 1 aromatic heterocycles. The van der Waals surface area contributed by atoms with Crippen LogP contribution >= 0.6 is 0 Å². The van der Waals surface area contributed by atoms with Crippen LogP contribution in [0.1, 0.15) is 22.3 Å². The van der Waals surface area contributed by atoms with E-state index in [0.717, 1.165) is 23.3 Å². The summed E-state index contributed by atoms with van der Waals surface area (Å²) < 4.78 is 41.8. The average molecular weight is 535 g/mol. The van der Waals surface area contributed by atoms with Gasteiger partial charge in [-0.1, -0.05) is 12.1 Å². The lowest BCUT2D eigenvalue weighted by atomic mass is 10.1. The van der Waals surface area contributed by atoms with Crippen molar-refractivity contribution in [3.8, 4) is 17.3 Å². The van der Waals surface area contributed by atoms with Gasteiger partial charge in [-0.2, -0.15) is 13.2 Å². The molecule has 39 heavy (non-hydrogen) atoms. The van der Waals surface area contributed by atoms with E-state index in [1.807, 2.05) is 13.8 Å². The molecule has 5 rings (SSSR count). The van der Waals surface area contributed by atoms with Gasteiger partial charge < -0.3 is 15.5 Å². The van der Waals surface area contributed by atoms with Crippen molar-refractivity contribution in [3.05, 3.63) is 82.5 Å². The Morgan fingerprint density at radius 2 is 1.67 bits per heavy atom. The van der Waals surface area contributed by atoms with Gasteiger partial charge in [0.05, 0.1) is 11.1 Å². The van der Waals surface area contributed by atoms with E-state index in [9.17, 15) is 33.0 Å². The molecule has 3 aromatic carbocycles. The predicted molar refractivity (Wildman–Crippen MR) is 136 cm³/mol. The monoisotopic (exact) mass is 535 g/mol. The van der Waals surface area contributed by atoms with Gasteiger partial charge in [0, 0.05) is 11.1 Å². The summed E-state index contributed by atoms with van der Waals surface area (Å²) in [5.41, 5.74) is 1.74. The number of azo groups is 1. The summed E-state index contributed by atoms with van der Waals surface area (Å²) in [4.78, 5) is 23.0. The number of rotatable bonds is 4. The van der Waals surface area contributed by atoms with E-state index in [-0.39, 0.29) is 33.7 Å². The first-order valence-corrected chi connectivity index (χ1v) is 11.5. The number of alkyl halides is 3. The zero-order chi connectivity index (χ0) is 28.1. The van der Waals surface area contributed by atoms with E-state index in [4.69, 9.17) is 0 Å². The van der Waals surface area contributed by atoms with Gasteiger partial charge in [-0.3, -0.25) is 14.7 Å². The number of carbonyl (C=O) groups is 2. The molecule has 0 saturated carbocycles. The highest BCUT2D eigenvalue weighted by molar-refractivity contribution is 6.14. The van der Waals surface area contributed by atoms with Crippen molar-refractivity contribution in [3.63, 3.8) is 0 Å². The van der Waals surface area contributed by atoms with Crippen LogP contribution in [0.3, 0.4) is 0 Å². The number of phenolic OH excluding ortho intramolecular Hbond substituents is 1. The van der Waals surface area contributed by atoms with Crippen LogP contribution < -0.4 is 10.6 Å². The Bertz CT molecular complexity index is 1740. The third-order valence-corrected chi connectivity index (χ3v) is 6.28. The first-order chi connectivity index (χ1) is 18.4. The third kappa shape index (κ3) is 4.79. The summed E-state index contributed by atoms with van der Waals surface area (Å²) in [5.74, 6) is -1.37. The molecule has 0 unspecified atom stereocenters. The Balaban J connectivity index is 1.58. The number of aromatic hydroxyl groups is 2. The summed E-state index contributed by atoms with van der Waals surface area (Å²) in [6, 6.07) is 11.8. The highest BCUT2D eigenvalue weighted by Gasteiger charge is 2.32. The molecule has 0 aliphatic carbocycles. The largest absolute Gasteiger partial charge is 0.506 e. The van der Waals surface area contributed by atoms with E-state index >= 15 is 0 Å². The minimum atomic E-state index is -4.60. The maximum absolute atomic E-state index is 13.5. The number of aromatic nitrogens is 1. The zero-order valence-electron chi connectivity index (χ0n) is 20.5. The van der Waals surface area contributed by atoms with E-state index in [1.54, 1.807) is 18.2 Å². The standard InChI is InChI=1S/C27H20F3N5O4/c1-13-3-6-17(9-14(13)2)35-21-12-16(27(28,29)30)5-7-18(21)23(25(35)38)34-33-19-8-4-15(11-22(19)36)10-20-24(37)32-26(39)31-20/h3-12,36,38H,1-2H3,(H2,31,32,37,39). The van der Waals surface area contributed by atoms with Crippen LogP contribution in [0.15, 0.2) is 70.5 Å². The number of hydrogen-bond acceptors (Lipinski definition) is 6. The number of hydrogen-bond donors (Lipinski definition) is 4. The van der Waals surface area contributed by atoms with Gasteiger partial charge in [-0.05, 0) is 79.1 Å². The second kappa shape index (κ2) is 9.31. The number of nitrogens with one attached hydrogen (secondary N) is 2. The van der Waals surface area contributed by atoms with Crippen LogP contribution in [0, 0.1) is 13.8 Å². The van der Waals surface area contributed by atoms with E-state index in [1.165, 1.54) is 34.9 Å². The molecule has 4 N–H and O–H groups in total. The van der Waals surface area contributed by atoms with Crippen molar-refractivity contribution in [2.24, 2.45) is 10.2 Å². The maximum atomic E-state index is 13.5. The number of imide groups is 1. The highest BCUT2D eigenvalue weighted by Crippen LogP contribution is 2.44. The lowest BCUT2D eigenvalue weighted by Crippen LogP contribution is -2.22. The Kier molecular flexibility index (Phi) is 6.09. The Morgan fingerprint density at radius 3 is 2.31 bits per heavy atom. The first kappa shape index (κ1) is 25.5. The minimum Gasteiger partial charge on any atom is -0.506 e. The molecule has 0 bridgehead atoms. The number of urea groups is 1. The summed E-state index contributed by atoms with van der Waals surface area (Å²) in [6.07, 6.45) is -3.25. The fourth-order valence-corrected chi connectivity index (χ4v) is 4.13. The SMILES string of the molecule is Cc1ccc(-n2c(O)c(N=Nc3ccc(C=C4NC(=O)NC4=O)cc3O)c3ccc(C(F)(F)F)cc32)cc1C. The average Bonchev–Trinajstić information content (AvgIpc) is 3.33. The zero-order valence-corrected chi connectivity index (χ0v) is 20.5. The van der Waals surface area contributed by atoms with Gasteiger partial charge in [-0.25, -0.2) is 4.79 Å². The second-order valence-electron chi connectivity index (χ2n) is 8.92. The van der Waals surface area contributed by atoms with Crippen molar-refractivity contribution >= 4 is 40.3 Å². The predicted octanol–water partition coefficient (Wildman–Crippen LogP) is 6.27. The molecule has 1 fully saturated rings. The number of halogens is 3. The summed E-state index contributed by atoms with van der Waals surface area (Å²) in [7, 11) is 0. The molecule has 1 saturated heterocycles. The molecule has 1 aliphatic heterocycles. The van der Waals surface area contributed by atoms with Crippen molar-refractivity contribution in [1.29, 1.82) is 0 Å². The molecule has 0 radical (unpaired) electrons. The summed E-state index contributed by atoms with van der Waals surface area (Å²) in [6.45, 7) is 3.74. The smallest absolute Gasteiger partial charge is 0.416 e. The fourth-order valence-electron chi connectivity index (χ4n) is 4.13. The molecule has 1 aliphatic rings. The molecule has 9 nitrogen and oxygen atoms in total. The number of fused-ring (bicyclic) bond motifs is 1. The Labute approximate surface area is 218 Å². The van der Waals surface area contributed by atoms with Gasteiger partial charge in [0.1, 0.15) is 17.1 Å². The Morgan fingerprint density at radius 1 is 0.897 bits per heavy atom. The molecule has 198 valence electrons. The summed E-state index contributed by atoms with van der Waals surface area (Å²) >= 11 is 0. The third-order valence-electron chi connectivity index (χ3n) is 6.28. The normalized spacial score (nSPS) is 14.9. The maximum Gasteiger partial charge on any atom is 0.416 e.